The molecule has 0 aromatic heterocycles. The highest BCUT2D eigenvalue weighted by molar-refractivity contribution is 7.80. The maximum absolute atomic E-state index is 13.3. The molecule has 0 radical (unpaired) electrons. The van der Waals surface area contributed by atoms with E-state index >= 15 is 0 Å². The van der Waals surface area contributed by atoms with E-state index in [1.807, 2.05) is 0 Å². The molecule has 1 aromatic carbocycles. The van der Waals surface area contributed by atoms with Gasteiger partial charge in [0.15, 0.2) is 11.6 Å². The largest absolute Gasteiger partial charge is 0.389 e. The van der Waals surface area contributed by atoms with Gasteiger partial charge in [-0.2, -0.15) is 0 Å². The van der Waals surface area contributed by atoms with Gasteiger partial charge in [-0.1, -0.05) is 12.2 Å². The highest BCUT2D eigenvalue weighted by atomic mass is 32.1. The van der Waals surface area contributed by atoms with Crippen LogP contribution in [0.2, 0.25) is 0 Å². The lowest BCUT2D eigenvalue weighted by atomic mass is 10.1. The molecule has 0 saturated carbocycles. The van der Waals surface area contributed by atoms with E-state index in [9.17, 15) is 8.78 Å². The van der Waals surface area contributed by atoms with Gasteiger partial charge in [0.05, 0.1) is 5.69 Å². The van der Waals surface area contributed by atoms with Crippen LogP contribution in [0.15, 0.2) is 12.1 Å². The second-order valence-corrected chi connectivity index (χ2v) is 3.46. The Balaban J connectivity index is 3.45. The van der Waals surface area contributed by atoms with Crippen molar-refractivity contribution >= 4 is 22.9 Å². The summed E-state index contributed by atoms with van der Waals surface area (Å²) in [6, 6.07) is 2.38. The normalized spacial score (nSPS) is 10.0. The van der Waals surface area contributed by atoms with Crippen molar-refractivity contribution in [3.63, 3.8) is 0 Å². The second-order valence-electron chi connectivity index (χ2n) is 3.02. The van der Waals surface area contributed by atoms with Crippen molar-refractivity contribution in [1.82, 2.24) is 0 Å². The van der Waals surface area contributed by atoms with E-state index < -0.39 is 11.6 Å². The number of thiocarbonyl (C=S) groups is 1. The molecule has 2 N–H and O–H groups in total. The maximum Gasteiger partial charge on any atom is 0.182 e. The smallest absolute Gasteiger partial charge is 0.182 e. The van der Waals surface area contributed by atoms with E-state index in [0.29, 0.717) is 5.56 Å². The summed E-state index contributed by atoms with van der Waals surface area (Å²) in [4.78, 5) is 1.49. The Labute approximate surface area is 86.3 Å². The summed E-state index contributed by atoms with van der Waals surface area (Å²) >= 11 is 4.73. The van der Waals surface area contributed by atoms with Gasteiger partial charge in [-0.05, 0) is 12.1 Å². The van der Waals surface area contributed by atoms with Gasteiger partial charge in [0.25, 0.3) is 0 Å². The minimum absolute atomic E-state index is 0.0487. The van der Waals surface area contributed by atoms with Crippen LogP contribution in [-0.2, 0) is 0 Å². The molecule has 5 heteroatoms. The van der Waals surface area contributed by atoms with Gasteiger partial charge in [0.1, 0.15) is 4.99 Å². The number of anilines is 1. The summed E-state index contributed by atoms with van der Waals surface area (Å²) in [6.45, 7) is 0. The van der Waals surface area contributed by atoms with E-state index in [1.165, 1.54) is 11.0 Å². The van der Waals surface area contributed by atoms with Crippen LogP contribution in [-0.4, -0.2) is 19.1 Å². The standard InChI is InChI=1S/C9H10F2N2S/c1-13(2)8-5(9(12)14)3-4-6(10)7(8)11/h3-4H,1-2H3,(H2,12,14). The van der Waals surface area contributed by atoms with Gasteiger partial charge >= 0.3 is 0 Å². The SMILES string of the molecule is CN(C)c1c(C(N)=S)ccc(F)c1F. The van der Waals surface area contributed by atoms with Crippen molar-refractivity contribution in [1.29, 1.82) is 0 Å². The number of nitrogens with zero attached hydrogens (tertiary/aromatic N) is 1. The third kappa shape index (κ3) is 1.82. The summed E-state index contributed by atoms with van der Waals surface area (Å²) in [5, 5.41) is 0. The van der Waals surface area contributed by atoms with E-state index in [4.69, 9.17) is 18.0 Å². The van der Waals surface area contributed by atoms with Crippen molar-refractivity contribution in [2.75, 3.05) is 19.0 Å². The molecule has 0 aliphatic rings. The van der Waals surface area contributed by atoms with Gasteiger partial charge < -0.3 is 10.6 Å². The Morgan fingerprint density at radius 1 is 1.36 bits per heavy atom. The van der Waals surface area contributed by atoms with Gasteiger partial charge in [0, 0.05) is 19.7 Å². The van der Waals surface area contributed by atoms with Crippen LogP contribution in [0, 0.1) is 11.6 Å². The fourth-order valence-electron chi connectivity index (χ4n) is 1.18. The molecule has 0 heterocycles. The van der Waals surface area contributed by atoms with E-state index in [2.05, 4.69) is 0 Å². The van der Waals surface area contributed by atoms with Crippen LogP contribution in [0.25, 0.3) is 0 Å². The third-order valence-corrected chi connectivity index (χ3v) is 2.00. The van der Waals surface area contributed by atoms with Crippen LogP contribution in [0.4, 0.5) is 14.5 Å². The quantitative estimate of drug-likeness (QED) is 0.762. The fourth-order valence-corrected chi connectivity index (χ4v) is 1.34. The van der Waals surface area contributed by atoms with Crippen LogP contribution in [0.5, 0.6) is 0 Å². The van der Waals surface area contributed by atoms with Gasteiger partial charge in [0.2, 0.25) is 0 Å². The molecule has 1 aromatic rings. The Morgan fingerprint density at radius 2 is 1.93 bits per heavy atom. The van der Waals surface area contributed by atoms with Gasteiger partial charge in [-0.3, -0.25) is 0 Å². The number of hydrogen-bond acceptors (Lipinski definition) is 2. The lowest BCUT2D eigenvalue weighted by Crippen LogP contribution is -2.19. The van der Waals surface area contributed by atoms with E-state index in [1.54, 1.807) is 14.1 Å². The molecule has 0 saturated heterocycles. The first-order valence-electron chi connectivity index (χ1n) is 3.90. The Bertz CT molecular complexity index is 377. The summed E-state index contributed by atoms with van der Waals surface area (Å²) in [5.41, 5.74) is 5.80. The Hall–Kier alpha value is -1.23. The molecule has 0 spiro atoms. The minimum Gasteiger partial charge on any atom is -0.389 e. The second kappa shape index (κ2) is 3.88. The first kappa shape index (κ1) is 10.8. The average molecular weight is 216 g/mol. The fraction of sp³-hybridized carbons (Fsp3) is 0.222. The summed E-state index contributed by atoms with van der Waals surface area (Å²) < 4.78 is 26.2. The van der Waals surface area contributed by atoms with Crippen LogP contribution in [0.3, 0.4) is 0 Å². The zero-order valence-corrected chi connectivity index (χ0v) is 8.66. The molecule has 0 fully saturated rings. The molecule has 0 bridgehead atoms. The monoisotopic (exact) mass is 216 g/mol. The number of hydrogen-bond donors (Lipinski definition) is 1. The Morgan fingerprint density at radius 3 is 2.36 bits per heavy atom. The van der Waals surface area contributed by atoms with Crippen molar-refractivity contribution in [2.24, 2.45) is 5.73 Å². The molecule has 2 nitrogen and oxygen atoms in total. The van der Waals surface area contributed by atoms with Crippen molar-refractivity contribution in [3.05, 3.63) is 29.3 Å². The van der Waals surface area contributed by atoms with E-state index in [0.717, 1.165) is 6.07 Å². The molecule has 0 aliphatic carbocycles. The molecule has 76 valence electrons. The van der Waals surface area contributed by atoms with Gasteiger partial charge in [-0.25, -0.2) is 8.78 Å². The molecule has 0 unspecified atom stereocenters. The lowest BCUT2D eigenvalue weighted by molar-refractivity contribution is 0.508. The van der Waals surface area contributed by atoms with Gasteiger partial charge in [-0.15, -0.1) is 0 Å². The highest BCUT2D eigenvalue weighted by Crippen LogP contribution is 2.24. The van der Waals surface area contributed by atoms with E-state index in [-0.39, 0.29) is 10.7 Å². The predicted molar refractivity (Wildman–Crippen MR) is 56.6 cm³/mol. The van der Waals surface area contributed by atoms with Crippen molar-refractivity contribution in [3.8, 4) is 0 Å². The molecule has 1 rings (SSSR count). The number of nitrogens with two attached hydrogens (primary N) is 1. The number of halogens is 2. The molecular weight excluding hydrogens is 206 g/mol. The molecule has 0 atom stereocenters. The molecule has 14 heavy (non-hydrogen) atoms. The zero-order chi connectivity index (χ0) is 10.9. The van der Waals surface area contributed by atoms with Crippen LogP contribution in [0.1, 0.15) is 5.56 Å². The first-order valence-corrected chi connectivity index (χ1v) is 4.31. The lowest BCUT2D eigenvalue weighted by Gasteiger charge is -2.17. The Kier molecular flexibility index (Phi) is 3.00. The zero-order valence-electron chi connectivity index (χ0n) is 7.84. The molecular formula is C9H10F2N2S. The van der Waals surface area contributed by atoms with Crippen molar-refractivity contribution in [2.45, 2.75) is 0 Å². The van der Waals surface area contributed by atoms with Crippen molar-refractivity contribution < 1.29 is 8.78 Å². The third-order valence-electron chi connectivity index (χ3n) is 1.78. The van der Waals surface area contributed by atoms with Crippen LogP contribution < -0.4 is 10.6 Å². The average Bonchev–Trinajstić information content (AvgIpc) is 2.08. The highest BCUT2D eigenvalue weighted by Gasteiger charge is 2.16. The summed E-state index contributed by atoms with van der Waals surface area (Å²) in [5.74, 6) is -1.84. The maximum atomic E-state index is 13.3. The first-order chi connectivity index (χ1) is 6.45. The topological polar surface area (TPSA) is 29.3 Å². The predicted octanol–water partition coefficient (Wildman–Crippen LogP) is 1.67. The summed E-state index contributed by atoms with van der Waals surface area (Å²) in [7, 11) is 3.19. The summed E-state index contributed by atoms with van der Waals surface area (Å²) in [6.07, 6.45) is 0. The van der Waals surface area contributed by atoms with Crippen LogP contribution >= 0.6 is 12.2 Å². The number of rotatable bonds is 2. The minimum atomic E-state index is -0.930. The molecule has 0 amide bonds. The molecule has 0 aliphatic heterocycles. The number of benzene rings is 1.